The van der Waals surface area contributed by atoms with Gasteiger partial charge in [-0.05, 0) is 25.0 Å². The highest BCUT2D eigenvalue weighted by molar-refractivity contribution is 6.03. The molecule has 0 N–H and O–H groups in total. The van der Waals surface area contributed by atoms with Crippen LogP contribution in [-0.4, -0.2) is 56.5 Å². The molecule has 1 saturated heterocycles. The molecule has 2 aliphatic heterocycles. The van der Waals surface area contributed by atoms with Gasteiger partial charge in [-0.3, -0.25) is 9.59 Å². The Morgan fingerprint density at radius 3 is 2.26 bits per heavy atom. The molecule has 8 nitrogen and oxygen atoms in total. The van der Waals surface area contributed by atoms with Crippen molar-refractivity contribution in [1.82, 2.24) is 4.90 Å². The minimum Gasteiger partial charge on any atom is -0.381 e. The van der Waals surface area contributed by atoms with Crippen molar-refractivity contribution in [3.05, 3.63) is 35.7 Å². The van der Waals surface area contributed by atoms with E-state index >= 15 is 0 Å². The number of carbonyl (C=O) groups excluding carboxylic acids is 2. The first-order chi connectivity index (χ1) is 15.0. The summed E-state index contributed by atoms with van der Waals surface area (Å²) >= 11 is 0. The fourth-order valence-corrected chi connectivity index (χ4v) is 4.22. The van der Waals surface area contributed by atoms with Gasteiger partial charge in [0.25, 0.3) is 0 Å². The average molecular weight is 422 g/mol. The Morgan fingerprint density at radius 1 is 1.10 bits per heavy atom. The molecule has 0 radical (unpaired) electrons. The number of carbonyl (C=O) groups is 2. The first-order valence-corrected chi connectivity index (χ1v) is 10.5. The van der Waals surface area contributed by atoms with Crippen LogP contribution in [0.15, 0.2) is 35.7 Å². The van der Waals surface area contributed by atoms with Gasteiger partial charge in [-0.2, -0.15) is 10.5 Å². The summed E-state index contributed by atoms with van der Waals surface area (Å²) in [7, 11) is 3.64. The highest BCUT2D eigenvalue weighted by atomic mass is 16.5. The second-order valence-corrected chi connectivity index (χ2v) is 7.68. The third kappa shape index (κ3) is 4.70. The highest BCUT2D eigenvalue weighted by Crippen LogP contribution is 2.40. The molecule has 0 aromatic heterocycles. The minimum absolute atomic E-state index is 0.0143. The number of anilines is 2. The van der Waals surface area contributed by atoms with E-state index in [0.717, 1.165) is 24.2 Å². The van der Waals surface area contributed by atoms with Crippen LogP contribution in [0.5, 0.6) is 0 Å². The topological polar surface area (TPSA) is 101 Å². The van der Waals surface area contributed by atoms with E-state index in [-0.39, 0.29) is 42.6 Å². The summed E-state index contributed by atoms with van der Waals surface area (Å²) < 4.78 is 5.37. The van der Waals surface area contributed by atoms with E-state index in [2.05, 4.69) is 12.1 Å². The standard InChI is InChI=1S/C23H27N5O3/c1-26-19-6-3-4-7-20(19)27(2)23(26)18(16-25)21(29)8-9-22(30)28(13-5-12-24)17-10-14-31-15-11-17/h3-4,6-7,17H,5,8-11,13-15H2,1-2H3. The van der Waals surface area contributed by atoms with Gasteiger partial charge in [0, 0.05) is 52.7 Å². The van der Waals surface area contributed by atoms with Gasteiger partial charge in [-0.15, -0.1) is 0 Å². The molecule has 1 aromatic rings. The molecule has 0 saturated carbocycles. The fourth-order valence-electron chi connectivity index (χ4n) is 4.22. The largest absolute Gasteiger partial charge is 0.381 e. The predicted octanol–water partition coefficient (Wildman–Crippen LogP) is 2.58. The lowest BCUT2D eigenvalue weighted by molar-refractivity contribution is -0.136. The number of rotatable bonds is 7. The van der Waals surface area contributed by atoms with Crippen LogP contribution in [0.25, 0.3) is 0 Å². The van der Waals surface area contributed by atoms with E-state index < -0.39 is 0 Å². The summed E-state index contributed by atoms with van der Waals surface area (Å²) in [6.45, 7) is 1.52. The molecule has 3 rings (SSSR count). The Bertz CT molecular complexity index is 922. The van der Waals surface area contributed by atoms with E-state index in [0.29, 0.717) is 25.6 Å². The molecule has 0 spiro atoms. The molecule has 1 amide bonds. The molecule has 2 heterocycles. The third-order valence-corrected chi connectivity index (χ3v) is 5.84. The zero-order chi connectivity index (χ0) is 22.4. The Kier molecular flexibility index (Phi) is 7.28. The number of ether oxygens (including phenoxy) is 1. The first-order valence-electron chi connectivity index (χ1n) is 10.5. The van der Waals surface area contributed by atoms with Crippen LogP contribution in [0, 0.1) is 22.7 Å². The van der Waals surface area contributed by atoms with E-state index in [9.17, 15) is 14.9 Å². The van der Waals surface area contributed by atoms with Crippen LogP contribution >= 0.6 is 0 Å². The number of benzene rings is 1. The number of Topliss-reactive ketones (excluding diaryl/α,β-unsaturated/α-hetero) is 1. The molecule has 0 unspecified atom stereocenters. The van der Waals surface area contributed by atoms with Gasteiger partial charge < -0.3 is 19.4 Å². The lowest BCUT2D eigenvalue weighted by atomic mass is 10.0. The van der Waals surface area contributed by atoms with Gasteiger partial charge in [0.05, 0.1) is 23.9 Å². The molecule has 0 aliphatic carbocycles. The highest BCUT2D eigenvalue weighted by Gasteiger charge is 2.32. The molecule has 1 fully saturated rings. The number of amides is 1. The van der Waals surface area contributed by atoms with Gasteiger partial charge in [0.1, 0.15) is 17.5 Å². The fraction of sp³-hybridized carbons (Fsp3) is 0.478. The molecule has 31 heavy (non-hydrogen) atoms. The zero-order valence-electron chi connectivity index (χ0n) is 18.0. The number of hydrogen-bond donors (Lipinski definition) is 0. The molecular formula is C23H27N5O3. The number of nitriles is 2. The van der Waals surface area contributed by atoms with E-state index in [1.165, 1.54) is 0 Å². The quantitative estimate of drug-likeness (QED) is 0.493. The lowest BCUT2D eigenvalue weighted by Crippen LogP contribution is -2.44. The Hall–Kier alpha value is -3.36. The molecular weight excluding hydrogens is 394 g/mol. The maximum Gasteiger partial charge on any atom is 0.223 e. The van der Waals surface area contributed by atoms with E-state index in [1.54, 1.807) is 4.90 Å². The minimum atomic E-state index is -0.357. The van der Waals surface area contributed by atoms with Crippen LogP contribution < -0.4 is 9.80 Å². The van der Waals surface area contributed by atoms with Crippen molar-refractivity contribution in [2.75, 3.05) is 43.7 Å². The van der Waals surface area contributed by atoms with Gasteiger partial charge >= 0.3 is 0 Å². The monoisotopic (exact) mass is 421 g/mol. The lowest BCUT2D eigenvalue weighted by Gasteiger charge is -2.34. The van der Waals surface area contributed by atoms with Crippen LogP contribution in [0.2, 0.25) is 0 Å². The Labute approximate surface area is 182 Å². The molecule has 8 heteroatoms. The molecule has 1 aromatic carbocycles. The number of para-hydroxylation sites is 2. The summed E-state index contributed by atoms with van der Waals surface area (Å²) in [5.41, 5.74) is 1.88. The van der Waals surface area contributed by atoms with Crippen molar-refractivity contribution >= 4 is 23.1 Å². The van der Waals surface area contributed by atoms with Crippen molar-refractivity contribution in [2.45, 2.75) is 38.1 Å². The van der Waals surface area contributed by atoms with Crippen molar-refractivity contribution < 1.29 is 14.3 Å². The van der Waals surface area contributed by atoms with Crippen molar-refractivity contribution in [3.63, 3.8) is 0 Å². The molecule has 162 valence electrons. The third-order valence-electron chi connectivity index (χ3n) is 5.84. The number of allylic oxidation sites excluding steroid dienone is 1. The van der Waals surface area contributed by atoms with Crippen LogP contribution in [0.4, 0.5) is 11.4 Å². The summed E-state index contributed by atoms with van der Waals surface area (Å²) in [4.78, 5) is 31.2. The molecule has 0 atom stereocenters. The van der Waals surface area contributed by atoms with Gasteiger partial charge in [-0.25, -0.2) is 0 Å². The summed E-state index contributed by atoms with van der Waals surface area (Å²) in [6.07, 6.45) is 1.67. The van der Waals surface area contributed by atoms with Gasteiger partial charge in [-0.1, -0.05) is 12.1 Å². The molecule has 0 bridgehead atoms. The SMILES string of the molecule is CN1C(=C(C#N)C(=O)CCC(=O)N(CCC#N)C2CCOCC2)N(C)c2ccccc21. The second-order valence-electron chi connectivity index (χ2n) is 7.68. The Morgan fingerprint density at radius 2 is 1.71 bits per heavy atom. The summed E-state index contributed by atoms with van der Waals surface area (Å²) in [5.74, 6) is 0.00527. The van der Waals surface area contributed by atoms with Crippen molar-refractivity contribution in [3.8, 4) is 12.1 Å². The Balaban J connectivity index is 1.72. The molecule has 2 aliphatic rings. The van der Waals surface area contributed by atoms with Crippen LogP contribution in [0.3, 0.4) is 0 Å². The van der Waals surface area contributed by atoms with Crippen molar-refractivity contribution in [1.29, 1.82) is 10.5 Å². The first kappa shape index (κ1) is 22.3. The van der Waals surface area contributed by atoms with Crippen LogP contribution in [0.1, 0.15) is 32.1 Å². The number of ketones is 1. The van der Waals surface area contributed by atoms with E-state index in [4.69, 9.17) is 10.00 Å². The average Bonchev–Trinajstić information content (AvgIpc) is 3.04. The number of fused-ring (bicyclic) bond motifs is 1. The van der Waals surface area contributed by atoms with Gasteiger partial charge in [0.2, 0.25) is 5.91 Å². The number of nitrogens with zero attached hydrogens (tertiary/aromatic N) is 5. The number of hydrogen-bond acceptors (Lipinski definition) is 7. The zero-order valence-corrected chi connectivity index (χ0v) is 18.0. The maximum absolute atomic E-state index is 12.9. The van der Waals surface area contributed by atoms with Crippen molar-refractivity contribution in [2.24, 2.45) is 0 Å². The predicted molar refractivity (Wildman–Crippen MR) is 116 cm³/mol. The maximum atomic E-state index is 12.9. The van der Waals surface area contributed by atoms with Gasteiger partial charge in [0.15, 0.2) is 5.78 Å². The summed E-state index contributed by atoms with van der Waals surface area (Å²) in [6, 6.07) is 11.8. The normalized spacial score (nSPS) is 15.8. The summed E-state index contributed by atoms with van der Waals surface area (Å²) in [5, 5.41) is 18.7. The van der Waals surface area contributed by atoms with Crippen LogP contribution in [-0.2, 0) is 14.3 Å². The second kappa shape index (κ2) is 10.1. The van der Waals surface area contributed by atoms with E-state index in [1.807, 2.05) is 48.2 Å². The smallest absolute Gasteiger partial charge is 0.223 e.